The third-order valence-electron chi connectivity index (χ3n) is 2.63. The van der Waals surface area contributed by atoms with Gasteiger partial charge in [-0.25, -0.2) is 4.98 Å². The van der Waals surface area contributed by atoms with Gasteiger partial charge in [0.2, 0.25) is 5.89 Å². The van der Waals surface area contributed by atoms with Crippen LogP contribution in [-0.4, -0.2) is 17.6 Å². The predicted molar refractivity (Wildman–Crippen MR) is 82.7 cm³/mol. The quantitative estimate of drug-likeness (QED) is 0.561. The number of hydrogen-bond acceptors (Lipinski definition) is 4. The molecular formula is C14H13Br2NO3. The highest BCUT2D eigenvalue weighted by Gasteiger charge is 2.19. The zero-order chi connectivity index (χ0) is 14.7. The van der Waals surface area contributed by atoms with Crippen molar-refractivity contribution in [2.75, 3.05) is 6.61 Å². The van der Waals surface area contributed by atoms with Crippen molar-refractivity contribution < 1.29 is 13.9 Å². The van der Waals surface area contributed by atoms with Gasteiger partial charge in [0.25, 0.3) is 0 Å². The number of rotatable bonds is 4. The zero-order valence-electron chi connectivity index (χ0n) is 11.0. The maximum Gasteiger partial charge on any atom is 0.302 e. The van der Waals surface area contributed by atoms with Crippen molar-refractivity contribution in [1.82, 2.24) is 4.98 Å². The van der Waals surface area contributed by atoms with Crippen LogP contribution in [0.15, 0.2) is 33.4 Å². The van der Waals surface area contributed by atoms with Crippen LogP contribution >= 0.6 is 31.9 Å². The number of hydrogen-bond donors (Lipinski definition) is 0. The highest BCUT2D eigenvalue weighted by Crippen LogP contribution is 2.33. The number of carbonyl (C=O) groups excluding carboxylic acids is 1. The van der Waals surface area contributed by atoms with Crippen molar-refractivity contribution in [3.63, 3.8) is 0 Å². The molecule has 0 N–H and O–H groups in total. The van der Waals surface area contributed by atoms with Gasteiger partial charge in [0.1, 0.15) is 17.1 Å². The molecule has 1 aromatic heterocycles. The minimum atomic E-state index is -0.334. The Balaban J connectivity index is 2.20. The first-order chi connectivity index (χ1) is 9.47. The van der Waals surface area contributed by atoms with E-state index in [1.165, 1.54) is 12.5 Å². The first kappa shape index (κ1) is 15.3. The van der Waals surface area contributed by atoms with Crippen molar-refractivity contribution >= 4 is 37.8 Å². The number of aryl methyl sites for hydroxylation is 1. The molecule has 0 saturated carbocycles. The lowest BCUT2D eigenvalue weighted by molar-refractivity contribution is -0.140. The second-order valence-corrected chi connectivity index (χ2v) is 6.14. The van der Waals surface area contributed by atoms with E-state index in [4.69, 9.17) is 9.15 Å². The molecule has 0 fully saturated rings. The second-order valence-electron chi connectivity index (χ2n) is 4.31. The van der Waals surface area contributed by atoms with E-state index in [1.807, 2.05) is 31.2 Å². The lowest BCUT2D eigenvalue weighted by atomic mass is 10.1. The van der Waals surface area contributed by atoms with Gasteiger partial charge in [-0.15, -0.1) is 0 Å². The molecule has 0 aliphatic heterocycles. The van der Waals surface area contributed by atoms with E-state index < -0.39 is 0 Å². The molecule has 0 bridgehead atoms. The summed E-state index contributed by atoms with van der Waals surface area (Å²) in [4.78, 5) is 15.0. The Morgan fingerprint density at radius 2 is 2.05 bits per heavy atom. The van der Waals surface area contributed by atoms with E-state index in [-0.39, 0.29) is 17.4 Å². The normalized spacial score (nSPS) is 12.2. The van der Waals surface area contributed by atoms with Crippen LogP contribution in [0.2, 0.25) is 0 Å². The summed E-state index contributed by atoms with van der Waals surface area (Å²) < 4.78 is 11.0. The molecule has 0 spiro atoms. The number of ether oxygens (including phenoxy) is 1. The standard InChI is InChI=1S/C14H13Br2NO3/c1-8-3-5-10(6-4-8)12-13(16)20-14(17-12)11(15)7-19-9(2)18/h3-6,11H,7H2,1-2H3. The van der Waals surface area contributed by atoms with Gasteiger partial charge in [0.05, 0.1) is 0 Å². The number of carbonyl (C=O) groups is 1. The molecule has 1 atom stereocenters. The van der Waals surface area contributed by atoms with E-state index in [0.29, 0.717) is 10.6 Å². The van der Waals surface area contributed by atoms with Crippen LogP contribution in [0.4, 0.5) is 0 Å². The van der Waals surface area contributed by atoms with Crippen LogP contribution in [-0.2, 0) is 9.53 Å². The van der Waals surface area contributed by atoms with Gasteiger partial charge in [-0.3, -0.25) is 4.79 Å². The minimum Gasteiger partial charge on any atom is -0.464 e. The number of halogens is 2. The van der Waals surface area contributed by atoms with Crippen LogP contribution in [0.25, 0.3) is 11.3 Å². The first-order valence-electron chi connectivity index (χ1n) is 5.98. The summed E-state index contributed by atoms with van der Waals surface area (Å²) in [6.07, 6.45) is 0. The van der Waals surface area contributed by atoms with Crippen molar-refractivity contribution in [3.05, 3.63) is 40.4 Å². The number of oxazole rings is 1. The van der Waals surface area contributed by atoms with E-state index in [9.17, 15) is 4.79 Å². The van der Waals surface area contributed by atoms with Gasteiger partial charge < -0.3 is 9.15 Å². The van der Waals surface area contributed by atoms with Crippen LogP contribution in [0, 0.1) is 6.92 Å². The van der Waals surface area contributed by atoms with Crippen LogP contribution < -0.4 is 0 Å². The largest absolute Gasteiger partial charge is 0.464 e. The Morgan fingerprint density at radius 1 is 1.40 bits per heavy atom. The maximum atomic E-state index is 10.8. The smallest absolute Gasteiger partial charge is 0.302 e. The molecule has 2 aromatic rings. The van der Waals surface area contributed by atoms with Gasteiger partial charge in [-0.2, -0.15) is 0 Å². The monoisotopic (exact) mass is 401 g/mol. The molecule has 0 saturated heterocycles. The van der Waals surface area contributed by atoms with E-state index in [1.54, 1.807) is 0 Å². The van der Waals surface area contributed by atoms with Crippen molar-refractivity contribution in [1.29, 1.82) is 0 Å². The molecule has 1 unspecified atom stereocenters. The fourth-order valence-corrected chi connectivity index (χ4v) is 2.41. The van der Waals surface area contributed by atoms with Gasteiger partial charge >= 0.3 is 5.97 Å². The lowest BCUT2D eigenvalue weighted by Crippen LogP contribution is -2.06. The first-order valence-corrected chi connectivity index (χ1v) is 7.69. The summed E-state index contributed by atoms with van der Waals surface area (Å²) in [5.41, 5.74) is 2.87. The topological polar surface area (TPSA) is 52.3 Å². The predicted octanol–water partition coefficient (Wildman–Crippen LogP) is 4.41. The average molecular weight is 403 g/mol. The third-order valence-corrected chi connectivity index (χ3v) is 3.82. The molecule has 1 aromatic carbocycles. The Morgan fingerprint density at radius 3 is 2.65 bits per heavy atom. The van der Waals surface area contributed by atoms with Gasteiger partial charge in [-0.1, -0.05) is 45.8 Å². The molecule has 1 heterocycles. The highest BCUT2D eigenvalue weighted by atomic mass is 79.9. The van der Waals surface area contributed by atoms with E-state index in [2.05, 4.69) is 36.8 Å². The van der Waals surface area contributed by atoms with E-state index >= 15 is 0 Å². The maximum absolute atomic E-state index is 10.8. The number of aromatic nitrogens is 1. The number of nitrogens with zero attached hydrogens (tertiary/aromatic N) is 1. The fourth-order valence-electron chi connectivity index (χ4n) is 1.60. The average Bonchev–Trinajstić information content (AvgIpc) is 2.79. The van der Waals surface area contributed by atoms with Crippen molar-refractivity contribution in [2.45, 2.75) is 18.7 Å². The molecule has 0 radical (unpaired) electrons. The summed E-state index contributed by atoms with van der Waals surface area (Å²) in [5.74, 6) is 0.132. The van der Waals surface area contributed by atoms with Gasteiger partial charge in [0, 0.05) is 12.5 Å². The lowest BCUT2D eigenvalue weighted by Gasteiger charge is -2.04. The summed E-state index contributed by atoms with van der Waals surface area (Å²) in [6, 6.07) is 8.00. The zero-order valence-corrected chi connectivity index (χ0v) is 14.2. The number of alkyl halides is 1. The second kappa shape index (κ2) is 6.54. The molecule has 0 aliphatic carbocycles. The summed E-state index contributed by atoms with van der Waals surface area (Å²) in [7, 11) is 0. The van der Waals surface area contributed by atoms with Crippen LogP contribution in [0.1, 0.15) is 23.2 Å². The van der Waals surface area contributed by atoms with Crippen LogP contribution in [0.3, 0.4) is 0 Å². The molecule has 0 aliphatic rings. The molecule has 2 rings (SSSR count). The molecule has 106 valence electrons. The fraction of sp³-hybridized carbons (Fsp3) is 0.286. The molecule has 20 heavy (non-hydrogen) atoms. The Hall–Kier alpha value is -1.14. The molecule has 0 amide bonds. The van der Waals surface area contributed by atoms with Crippen molar-refractivity contribution in [2.24, 2.45) is 0 Å². The van der Waals surface area contributed by atoms with Crippen molar-refractivity contribution in [3.8, 4) is 11.3 Å². The van der Waals surface area contributed by atoms with Gasteiger partial charge in [0.15, 0.2) is 4.67 Å². The van der Waals surface area contributed by atoms with E-state index in [0.717, 1.165) is 11.3 Å². The third kappa shape index (κ3) is 3.70. The molecule has 6 heteroatoms. The van der Waals surface area contributed by atoms with Crippen LogP contribution in [0.5, 0.6) is 0 Å². The number of benzene rings is 1. The SMILES string of the molecule is CC(=O)OCC(Br)c1nc(-c2ccc(C)cc2)c(Br)o1. The Kier molecular flexibility index (Phi) is 4.99. The Bertz CT molecular complexity index is 607. The summed E-state index contributed by atoms with van der Waals surface area (Å²) >= 11 is 6.75. The summed E-state index contributed by atoms with van der Waals surface area (Å²) in [5, 5.41) is 0. The highest BCUT2D eigenvalue weighted by molar-refractivity contribution is 9.10. The minimum absolute atomic E-state index is 0.176. The molecular weight excluding hydrogens is 390 g/mol. The summed E-state index contributed by atoms with van der Waals surface area (Å²) in [6.45, 7) is 3.57. The molecule has 4 nitrogen and oxygen atoms in total. The Labute approximate surface area is 133 Å². The number of esters is 1. The van der Waals surface area contributed by atoms with Gasteiger partial charge in [-0.05, 0) is 22.9 Å².